The largest absolute Gasteiger partial charge is 0.382 e. The number of nitrogen functional groups attached to an aromatic ring is 1. The molecule has 0 radical (unpaired) electrons. The van der Waals surface area contributed by atoms with Gasteiger partial charge >= 0.3 is 0 Å². The highest BCUT2D eigenvalue weighted by molar-refractivity contribution is 5.70. The van der Waals surface area contributed by atoms with Crippen molar-refractivity contribution in [3.63, 3.8) is 0 Å². The third kappa shape index (κ3) is 1.28. The van der Waals surface area contributed by atoms with Gasteiger partial charge in [0.15, 0.2) is 5.82 Å². The molecule has 1 atom stereocenters. The molecule has 0 aliphatic carbocycles. The second-order valence-electron chi connectivity index (χ2n) is 4.35. The molecule has 1 saturated heterocycles. The van der Waals surface area contributed by atoms with Gasteiger partial charge in [-0.3, -0.25) is 0 Å². The van der Waals surface area contributed by atoms with Crippen molar-refractivity contribution in [3.8, 4) is 0 Å². The van der Waals surface area contributed by atoms with E-state index in [-0.39, 0.29) is 0 Å². The molecule has 2 aromatic rings. The van der Waals surface area contributed by atoms with Crippen LogP contribution in [0.4, 0.5) is 5.82 Å². The molecule has 1 fully saturated rings. The van der Waals surface area contributed by atoms with Crippen LogP contribution in [0.3, 0.4) is 0 Å². The molecule has 16 heavy (non-hydrogen) atoms. The lowest BCUT2D eigenvalue weighted by Gasteiger charge is -2.07. The number of aromatic nitrogens is 3. The van der Waals surface area contributed by atoms with E-state index >= 15 is 0 Å². The van der Waals surface area contributed by atoms with E-state index in [9.17, 15) is 0 Å². The zero-order valence-electron chi connectivity index (χ0n) is 9.27. The van der Waals surface area contributed by atoms with Crippen LogP contribution < -0.4 is 11.1 Å². The quantitative estimate of drug-likeness (QED) is 0.737. The third-order valence-corrected chi connectivity index (χ3v) is 3.28. The molecule has 0 saturated carbocycles. The Morgan fingerprint density at radius 2 is 2.44 bits per heavy atom. The van der Waals surface area contributed by atoms with E-state index in [0.717, 1.165) is 30.6 Å². The topological polar surface area (TPSA) is 68.2 Å². The molecule has 2 aromatic heterocycles. The first-order chi connectivity index (χ1) is 7.77. The Hall–Kier alpha value is -1.62. The smallest absolute Gasteiger partial charge is 0.151 e. The summed E-state index contributed by atoms with van der Waals surface area (Å²) in [5, 5.41) is 7.68. The number of fused-ring (bicyclic) bond motifs is 1. The average molecular weight is 217 g/mol. The van der Waals surface area contributed by atoms with Gasteiger partial charge in [0.25, 0.3) is 0 Å². The fraction of sp³-hybridized carbons (Fsp3) is 0.455. The average Bonchev–Trinajstić information content (AvgIpc) is 2.86. The SMILES string of the molecule is Cc1cc(C2CCNC2)n2ncnc(N)c12. The van der Waals surface area contributed by atoms with Gasteiger partial charge in [0.1, 0.15) is 11.8 Å². The van der Waals surface area contributed by atoms with Crippen molar-refractivity contribution in [1.82, 2.24) is 19.9 Å². The summed E-state index contributed by atoms with van der Waals surface area (Å²) < 4.78 is 1.94. The summed E-state index contributed by atoms with van der Waals surface area (Å²) in [6, 6.07) is 2.18. The minimum Gasteiger partial charge on any atom is -0.382 e. The van der Waals surface area contributed by atoms with Crippen LogP contribution in [0.5, 0.6) is 0 Å². The summed E-state index contributed by atoms with van der Waals surface area (Å²) >= 11 is 0. The third-order valence-electron chi connectivity index (χ3n) is 3.28. The van der Waals surface area contributed by atoms with E-state index in [2.05, 4.69) is 28.4 Å². The molecule has 1 aliphatic heterocycles. The van der Waals surface area contributed by atoms with Crippen molar-refractivity contribution in [2.24, 2.45) is 0 Å². The number of nitrogens with zero attached hydrogens (tertiary/aromatic N) is 3. The number of nitrogens with one attached hydrogen (secondary N) is 1. The van der Waals surface area contributed by atoms with Crippen molar-refractivity contribution < 1.29 is 0 Å². The first-order valence-corrected chi connectivity index (χ1v) is 5.57. The Morgan fingerprint density at radius 1 is 1.56 bits per heavy atom. The standard InChI is InChI=1S/C11H15N5/c1-7-4-9(8-2-3-13-5-8)16-10(7)11(12)14-6-15-16/h4,6,8,13H,2-3,5H2,1H3,(H2,12,14,15). The summed E-state index contributed by atoms with van der Waals surface area (Å²) in [6.07, 6.45) is 2.68. The number of hydrogen-bond acceptors (Lipinski definition) is 4. The normalized spacial score (nSPS) is 20.7. The van der Waals surface area contributed by atoms with E-state index in [1.807, 2.05) is 4.52 Å². The van der Waals surface area contributed by atoms with Crippen molar-refractivity contribution in [2.75, 3.05) is 18.8 Å². The van der Waals surface area contributed by atoms with Crippen LogP contribution in [0.25, 0.3) is 5.52 Å². The van der Waals surface area contributed by atoms with Crippen molar-refractivity contribution in [2.45, 2.75) is 19.3 Å². The van der Waals surface area contributed by atoms with Crippen LogP contribution in [-0.4, -0.2) is 27.7 Å². The number of anilines is 1. The number of hydrogen-bond donors (Lipinski definition) is 2. The van der Waals surface area contributed by atoms with E-state index in [0.29, 0.717) is 11.7 Å². The van der Waals surface area contributed by atoms with Gasteiger partial charge in [-0.05, 0) is 31.5 Å². The number of nitrogens with two attached hydrogens (primary N) is 1. The zero-order chi connectivity index (χ0) is 11.1. The minimum atomic E-state index is 0.537. The maximum absolute atomic E-state index is 5.88. The fourth-order valence-electron chi connectivity index (χ4n) is 2.48. The molecule has 5 nitrogen and oxygen atoms in total. The Bertz CT molecular complexity index is 524. The van der Waals surface area contributed by atoms with E-state index in [1.165, 1.54) is 12.0 Å². The highest BCUT2D eigenvalue weighted by atomic mass is 15.3. The molecule has 1 unspecified atom stereocenters. The first kappa shape index (κ1) is 9.59. The van der Waals surface area contributed by atoms with Crippen molar-refractivity contribution >= 4 is 11.3 Å². The van der Waals surface area contributed by atoms with Gasteiger partial charge in [-0.2, -0.15) is 5.10 Å². The fourth-order valence-corrected chi connectivity index (χ4v) is 2.48. The lowest BCUT2D eigenvalue weighted by atomic mass is 10.1. The van der Waals surface area contributed by atoms with Gasteiger partial charge in [0, 0.05) is 18.2 Å². The predicted octanol–water partition coefficient (Wildman–Crippen LogP) is 0.697. The van der Waals surface area contributed by atoms with Crippen molar-refractivity contribution in [3.05, 3.63) is 23.7 Å². The molecule has 0 bridgehead atoms. The Kier molecular flexibility index (Phi) is 2.07. The van der Waals surface area contributed by atoms with Gasteiger partial charge < -0.3 is 11.1 Å². The lowest BCUT2D eigenvalue weighted by Crippen LogP contribution is -2.10. The first-order valence-electron chi connectivity index (χ1n) is 5.57. The molecule has 5 heteroatoms. The van der Waals surface area contributed by atoms with Gasteiger partial charge in [0.2, 0.25) is 0 Å². The van der Waals surface area contributed by atoms with Gasteiger partial charge in [-0.1, -0.05) is 0 Å². The van der Waals surface area contributed by atoms with Crippen molar-refractivity contribution in [1.29, 1.82) is 0 Å². The predicted molar refractivity (Wildman–Crippen MR) is 62.4 cm³/mol. The summed E-state index contributed by atoms with van der Waals surface area (Å²) in [5.74, 6) is 1.10. The summed E-state index contributed by atoms with van der Waals surface area (Å²) in [5.41, 5.74) is 9.23. The van der Waals surface area contributed by atoms with Crippen LogP contribution in [-0.2, 0) is 0 Å². The van der Waals surface area contributed by atoms with Crippen LogP contribution >= 0.6 is 0 Å². The molecule has 0 amide bonds. The van der Waals surface area contributed by atoms with Crippen LogP contribution in [0.2, 0.25) is 0 Å². The molecule has 3 N–H and O–H groups in total. The van der Waals surface area contributed by atoms with Crippen LogP contribution in [0, 0.1) is 6.92 Å². The van der Waals surface area contributed by atoms with Gasteiger partial charge in [-0.25, -0.2) is 9.50 Å². The monoisotopic (exact) mass is 217 g/mol. The summed E-state index contributed by atoms with van der Waals surface area (Å²) in [7, 11) is 0. The van der Waals surface area contributed by atoms with E-state index < -0.39 is 0 Å². The number of aryl methyl sites for hydroxylation is 1. The molecule has 3 heterocycles. The molecular weight excluding hydrogens is 202 g/mol. The summed E-state index contributed by atoms with van der Waals surface area (Å²) in [6.45, 7) is 4.16. The maximum atomic E-state index is 5.88. The second kappa shape index (κ2) is 3.45. The van der Waals surface area contributed by atoms with Gasteiger partial charge in [-0.15, -0.1) is 0 Å². The zero-order valence-corrected chi connectivity index (χ0v) is 9.27. The van der Waals surface area contributed by atoms with Crippen LogP contribution in [0.15, 0.2) is 12.4 Å². The summed E-state index contributed by atoms with van der Waals surface area (Å²) in [4.78, 5) is 4.04. The molecular formula is C11H15N5. The molecule has 0 spiro atoms. The molecule has 1 aliphatic rings. The molecule has 3 rings (SSSR count). The highest BCUT2D eigenvalue weighted by Gasteiger charge is 2.22. The molecule has 0 aromatic carbocycles. The van der Waals surface area contributed by atoms with Gasteiger partial charge in [0.05, 0.1) is 0 Å². The van der Waals surface area contributed by atoms with E-state index in [4.69, 9.17) is 5.73 Å². The van der Waals surface area contributed by atoms with Crippen LogP contribution in [0.1, 0.15) is 23.6 Å². The minimum absolute atomic E-state index is 0.537. The molecule has 84 valence electrons. The highest BCUT2D eigenvalue weighted by Crippen LogP contribution is 2.27. The Balaban J connectivity index is 2.22. The van der Waals surface area contributed by atoms with E-state index in [1.54, 1.807) is 0 Å². The Labute approximate surface area is 93.7 Å². The lowest BCUT2D eigenvalue weighted by molar-refractivity contribution is 0.695. The second-order valence-corrected chi connectivity index (χ2v) is 4.35. The Morgan fingerprint density at radius 3 is 3.19 bits per heavy atom. The number of rotatable bonds is 1. The maximum Gasteiger partial charge on any atom is 0.151 e.